The number of hydrogen-bond donors (Lipinski definition) is 0. The van der Waals surface area contributed by atoms with E-state index in [0.717, 1.165) is 25.7 Å². The zero-order valence-corrected chi connectivity index (χ0v) is 21.9. The fourth-order valence-electron chi connectivity index (χ4n) is 4.13. The van der Waals surface area contributed by atoms with Crippen LogP contribution in [0.3, 0.4) is 0 Å². The number of benzene rings is 3. The van der Waals surface area contributed by atoms with Gasteiger partial charge < -0.3 is 9.16 Å². The summed E-state index contributed by atoms with van der Waals surface area (Å²) in [4.78, 5) is 11.3. The molecule has 3 aromatic rings. The van der Waals surface area contributed by atoms with E-state index in [9.17, 15) is 4.79 Å². The van der Waals surface area contributed by atoms with E-state index >= 15 is 0 Å². The van der Waals surface area contributed by atoms with Crippen molar-refractivity contribution in [2.24, 2.45) is 5.41 Å². The van der Waals surface area contributed by atoms with Crippen molar-refractivity contribution in [3.63, 3.8) is 0 Å². The minimum absolute atomic E-state index is 0.0268. The van der Waals surface area contributed by atoms with Crippen LogP contribution < -0.4 is 10.4 Å². The molecule has 1 unspecified atom stereocenters. The molecule has 0 aromatic heterocycles. The van der Waals surface area contributed by atoms with Gasteiger partial charge in [0.2, 0.25) is 0 Å². The Morgan fingerprint density at radius 2 is 1.44 bits per heavy atom. The molecule has 0 N–H and O–H groups in total. The second-order valence-electron chi connectivity index (χ2n) is 9.81. The van der Waals surface area contributed by atoms with Crippen molar-refractivity contribution >= 4 is 25.4 Å². The second kappa shape index (κ2) is 12.7. The van der Waals surface area contributed by atoms with Crippen LogP contribution in [0, 0.1) is 5.41 Å². The summed E-state index contributed by atoms with van der Waals surface area (Å²) in [5.41, 5.74) is 2.49. The van der Waals surface area contributed by atoms with Crippen molar-refractivity contribution in [3.8, 4) is 0 Å². The third kappa shape index (κ3) is 7.68. The van der Waals surface area contributed by atoms with Crippen LogP contribution in [-0.2, 0) is 20.4 Å². The van der Waals surface area contributed by atoms with Crippen molar-refractivity contribution in [2.45, 2.75) is 59.0 Å². The highest BCUT2D eigenvalue weighted by Crippen LogP contribution is 2.37. The normalized spacial score (nSPS) is 12.5. The van der Waals surface area contributed by atoms with E-state index in [4.69, 9.17) is 9.16 Å². The summed E-state index contributed by atoms with van der Waals surface area (Å²) in [7, 11) is 0.0294. The van der Waals surface area contributed by atoms with Crippen LogP contribution in [-0.4, -0.2) is 22.1 Å². The number of carbonyl (C=O) groups is 1. The van der Waals surface area contributed by atoms with Gasteiger partial charge in [-0.25, -0.2) is 0 Å². The summed E-state index contributed by atoms with van der Waals surface area (Å²) in [5, 5.41) is 2.52. The fraction of sp³-hybridized carbons (Fsp3) is 0.367. The monoisotopic (exact) mass is 473 g/mol. The molecule has 3 nitrogen and oxygen atoms in total. The van der Waals surface area contributed by atoms with E-state index in [1.165, 1.54) is 28.6 Å². The average molecular weight is 474 g/mol. The molecule has 0 saturated heterocycles. The number of hydrogen-bond acceptors (Lipinski definition) is 3. The van der Waals surface area contributed by atoms with Crippen LogP contribution >= 0.6 is 0 Å². The molecule has 1 radical (unpaired) electrons. The summed E-state index contributed by atoms with van der Waals surface area (Å²) >= 11 is 0. The van der Waals surface area contributed by atoms with Gasteiger partial charge in [-0.2, -0.15) is 0 Å². The number of esters is 1. The lowest BCUT2D eigenvalue weighted by molar-refractivity contribution is -0.140. The SMILES string of the molecule is COC(=O)CCCCCc1cccc(C(O[Si](c2ccccc2)c2ccccc2)C(C)(C)C)c1. The molecule has 0 aliphatic heterocycles. The number of methoxy groups -OCH3 is 1. The van der Waals surface area contributed by atoms with Crippen LogP contribution in [0.15, 0.2) is 84.9 Å². The third-order valence-electron chi connectivity index (χ3n) is 5.92. The molecular formula is C30H37O3Si. The van der Waals surface area contributed by atoms with Crippen molar-refractivity contribution in [1.29, 1.82) is 0 Å². The molecule has 4 heteroatoms. The Bertz CT molecular complexity index is 972. The Kier molecular flexibility index (Phi) is 9.67. The van der Waals surface area contributed by atoms with Crippen LogP contribution in [0.4, 0.5) is 0 Å². The molecule has 3 aromatic carbocycles. The lowest BCUT2D eigenvalue weighted by Gasteiger charge is -2.34. The van der Waals surface area contributed by atoms with Gasteiger partial charge in [0, 0.05) is 6.42 Å². The maximum Gasteiger partial charge on any atom is 0.305 e. The van der Waals surface area contributed by atoms with E-state index in [2.05, 4.69) is 106 Å². The number of aryl methyl sites for hydroxylation is 1. The highest BCUT2D eigenvalue weighted by Gasteiger charge is 2.32. The quantitative estimate of drug-likeness (QED) is 0.198. The molecular weight excluding hydrogens is 436 g/mol. The Labute approximate surface area is 206 Å². The van der Waals surface area contributed by atoms with Crippen molar-refractivity contribution in [2.75, 3.05) is 7.11 Å². The topological polar surface area (TPSA) is 35.5 Å². The van der Waals surface area contributed by atoms with E-state index in [1.807, 2.05) is 0 Å². The van der Waals surface area contributed by atoms with E-state index in [1.54, 1.807) is 0 Å². The molecule has 0 fully saturated rings. The summed E-state index contributed by atoms with van der Waals surface area (Å²) < 4.78 is 11.8. The van der Waals surface area contributed by atoms with Gasteiger partial charge in [-0.15, -0.1) is 0 Å². The van der Waals surface area contributed by atoms with Gasteiger partial charge in [0.15, 0.2) is 0 Å². The lowest BCUT2D eigenvalue weighted by atomic mass is 9.84. The van der Waals surface area contributed by atoms with Gasteiger partial charge in [-0.3, -0.25) is 4.79 Å². The average Bonchev–Trinajstić information content (AvgIpc) is 2.84. The Morgan fingerprint density at radius 1 is 0.824 bits per heavy atom. The van der Waals surface area contributed by atoms with E-state index in [-0.39, 0.29) is 17.5 Å². The Balaban J connectivity index is 1.79. The first kappa shape index (κ1) is 25.9. The number of unbranched alkanes of at least 4 members (excludes halogenated alkanes) is 2. The molecule has 0 saturated carbocycles. The highest BCUT2D eigenvalue weighted by molar-refractivity contribution is 6.80. The van der Waals surface area contributed by atoms with Gasteiger partial charge in [0.1, 0.15) is 0 Å². The summed E-state index contributed by atoms with van der Waals surface area (Å²) in [5.74, 6) is -0.124. The zero-order chi connectivity index (χ0) is 24.4. The molecule has 0 spiro atoms. The largest absolute Gasteiger partial charge is 0.469 e. The van der Waals surface area contributed by atoms with E-state index < -0.39 is 9.04 Å². The zero-order valence-electron chi connectivity index (χ0n) is 20.9. The van der Waals surface area contributed by atoms with Gasteiger partial charge in [0.25, 0.3) is 9.04 Å². The molecule has 0 bridgehead atoms. The number of rotatable bonds is 11. The standard InChI is InChI=1S/C30H37O3Si/c1-30(2,3)29(25-17-14-16-24(23-25)15-8-5-13-22-28(31)32-4)33-34(26-18-9-6-10-19-26)27-20-11-7-12-21-27/h6-7,9-12,14,16-21,23,29H,5,8,13,15,22H2,1-4H3. The van der Waals surface area contributed by atoms with E-state index in [0.29, 0.717) is 6.42 Å². The molecule has 179 valence electrons. The Hall–Kier alpha value is -2.69. The third-order valence-corrected chi connectivity index (χ3v) is 8.11. The molecule has 0 heterocycles. The van der Waals surface area contributed by atoms with Gasteiger partial charge in [-0.1, -0.05) is 112 Å². The fourth-order valence-corrected chi connectivity index (χ4v) is 6.45. The van der Waals surface area contributed by atoms with Crippen LogP contribution in [0.2, 0.25) is 0 Å². The summed E-state index contributed by atoms with van der Waals surface area (Å²) in [6.07, 6.45) is 4.43. The molecule has 1 atom stereocenters. The number of carbonyl (C=O) groups excluding carboxylic acids is 1. The lowest BCUT2D eigenvalue weighted by Crippen LogP contribution is -2.47. The predicted octanol–water partition coefficient (Wildman–Crippen LogP) is 5.87. The smallest absolute Gasteiger partial charge is 0.305 e. The van der Waals surface area contributed by atoms with Gasteiger partial charge in [0.05, 0.1) is 13.2 Å². The van der Waals surface area contributed by atoms with Crippen LogP contribution in [0.25, 0.3) is 0 Å². The second-order valence-corrected chi connectivity index (χ2v) is 11.9. The number of ether oxygens (including phenoxy) is 1. The molecule has 0 aliphatic rings. The maximum atomic E-state index is 11.3. The summed E-state index contributed by atoms with van der Waals surface area (Å²) in [6.45, 7) is 6.77. The van der Waals surface area contributed by atoms with Crippen LogP contribution in [0.5, 0.6) is 0 Å². The molecule has 3 rings (SSSR count). The molecule has 0 amide bonds. The molecule has 34 heavy (non-hydrogen) atoms. The molecule has 0 aliphatic carbocycles. The predicted molar refractivity (Wildman–Crippen MR) is 142 cm³/mol. The Morgan fingerprint density at radius 3 is 2.00 bits per heavy atom. The first-order valence-electron chi connectivity index (χ1n) is 12.2. The maximum absolute atomic E-state index is 11.3. The minimum atomic E-state index is -1.42. The van der Waals surface area contributed by atoms with Crippen LogP contribution in [0.1, 0.15) is 63.7 Å². The van der Waals surface area contributed by atoms with Crippen molar-refractivity contribution in [1.82, 2.24) is 0 Å². The summed E-state index contributed by atoms with van der Waals surface area (Å²) in [6, 6.07) is 30.1. The van der Waals surface area contributed by atoms with Gasteiger partial charge >= 0.3 is 5.97 Å². The van der Waals surface area contributed by atoms with Gasteiger partial charge in [-0.05, 0) is 46.2 Å². The first-order valence-corrected chi connectivity index (χ1v) is 13.6. The minimum Gasteiger partial charge on any atom is -0.469 e. The van der Waals surface area contributed by atoms with Crippen molar-refractivity contribution in [3.05, 3.63) is 96.1 Å². The highest BCUT2D eigenvalue weighted by atomic mass is 28.3. The van der Waals surface area contributed by atoms with Crippen molar-refractivity contribution < 1.29 is 14.0 Å². The first-order chi connectivity index (χ1) is 16.4.